The predicted molar refractivity (Wildman–Crippen MR) is 118 cm³/mol. The monoisotopic (exact) mass is 496 g/mol. The van der Waals surface area contributed by atoms with Crippen molar-refractivity contribution < 1.29 is 31.9 Å². The molecule has 3 rings (SSSR count). The van der Waals surface area contributed by atoms with E-state index in [-0.39, 0.29) is 25.3 Å². The molecule has 7 nitrogen and oxygen atoms in total. The van der Waals surface area contributed by atoms with E-state index in [1.807, 2.05) is 0 Å². The van der Waals surface area contributed by atoms with Crippen LogP contribution >= 0.6 is 0 Å². The maximum Gasteiger partial charge on any atom is 0.471 e. The van der Waals surface area contributed by atoms with Gasteiger partial charge in [0.2, 0.25) is 0 Å². The Labute approximate surface area is 201 Å². The van der Waals surface area contributed by atoms with Gasteiger partial charge < -0.3 is 14.5 Å². The second-order valence-corrected chi connectivity index (χ2v) is 9.44. The number of amides is 2. The molecule has 0 bridgehead atoms. The summed E-state index contributed by atoms with van der Waals surface area (Å²) in [5.41, 5.74) is -0.138. The van der Waals surface area contributed by atoms with Crippen LogP contribution in [0.5, 0.6) is 0 Å². The molecule has 2 aromatic heterocycles. The maximum absolute atomic E-state index is 13.7. The number of hydrogen-bond donors (Lipinski definition) is 0. The second kappa shape index (κ2) is 10.6. The lowest BCUT2D eigenvalue weighted by molar-refractivity contribution is -0.190. The van der Waals surface area contributed by atoms with Gasteiger partial charge in [-0.25, -0.2) is 9.18 Å². The molecule has 11 heteroatoms. The molecule has 0 spiro atoms. The number of nitrogens with zero attached hydrogens (tertiary/aromatic N) is 4. The molecule has 1 unspecified atom stereocenters. The summed E-state index contributed by atoms with van der Waals surface area (Å²) in [6.07, 6.45) is -1.25. The summed E-state index contributed by atoms with van der Waals surface area (Å²) < 4.78 is 60.0. The molecule has 2 amide bonds. The highest BCUT2D eigenvalue weighted by molar-refractivity contribution is 5.82. The first-order chi connectivity index (χ1) is 16.3. The molecule has 2 aromatic rings. The van der Waals surface area contributed by atoms with Gasteiger partial charge in [0.15, 0.2) is 0 Å². The molecule has 3 heterocycles. The van der Waals surface area contributed by atoms with E-state index in [4.69, 9.17) is 4.74 Å². The highest BCUT2D eigenvalue weighted by Crippen LogP contribution is 2.38. The van der Waals surface area contributed by atoms with Crippen molar-refractivity contribution in [3.63, 3.8) is 0 Å². The lowest BCUT2D eigenvalue weighted by Gasteiger charge is -2.41. The van der Waals surface area contributed by atoms with Gasteiger partial charge in [-0.2, -0.15) is 13.2 Å². The van der Waals surface area contributed by atoms with Crippen molar-refractivity contribution in [3.8, 4) is 0 Å². The van der Waals surface area contributed by atoms with Gasteiger partial charge in [-0.15, -0.1) is 0 Å². The molecule has 0 aromatic carbocycles. The summed E-state index contributed by atoms with van der Waals surface area (Å²) in [5, 5.41) is 0. The van der Waals surface area contributed by atoms with Crippen molar-refractivity contribution in [2.45, 2.75) is 58.0 Å². The molecule has 1 aliphatic rings. The van der Waals surface area contributed by atoms with Crippen LogP contribution in [-0.2, 0) is 16.1 Å². The number of hydrogen-bond acceptors (Lipinski definition) is 5. The zero-order valence-electron chi connectivity index (χ0n) is 19.8. The Morgan fingerprint density at radius 3 is 2.34 bits per heavy atom. The van der Waals surface area contributed by atoms with Crippen LogP contribution < -0.4 is 0 Å². The Morgan fingerprint density at radius 2 is 1.83 bits per heavy atom. The van der Waals surface area contributed by atoms with Crippen molar-refractivity contribution in [1.82, 2.24) is 19.8 Å². The number of ether oxygens (including phenoxy) is 1. The van der Waals surface area contributed by atoms with Gasteiger partial charge in [-0.05, 0) is 63.3 Å². The lowest BCUT2D eigenvalue weighted by Crippen LogP contribution is -2.48. The van der Waals surface area contributed by atoms with Gasteiger partial charge in [0, 0.05) is 32.0 Å². The number of alkyl halides is 3. The van der Waals surface area contributed by atoms with E-state index in [2.05, 4.69) is 9.97 Å². The summed E-state index contributed by atoms with van der Waals surface area (Å²) in [5.74, 6) is -3.13. The molecule has 1 saturated heterocycles. The van der Waals surface area contributed by atoms with E-state index >= 15 is 0 Å². The fourth-order valence-electron chi connectivity index (χ4n) is 4.09. The number of pyridine rings is 2. The molecule has 1 aliphatic heterocycles. The number of piperidine rings is 1. The topological polar surface area (TPSA) is 75.6 Å². The average molecular weight is 497 g/mol. The third kappa shape index (κ3) is 7.12. The second-order valence-electron chi connectivity index (χ2n) is 9.44. The van der Waals surface area contributed by atoms with Gasteiger partial charge in [-0.3, -0.25) is 14.8 Å². The SMILES string of the molecule is CC(C)(C)OC(=O)N1CCC(C(c2ccc(F)cn2)N(Cc2cccnc2)C(=O)C(F)(F)F)CC1. The number of carbonyl (C=O) groups excluding carboxylic acids is 2. The van der Waals surface area contributed by atoms with Crippen molar-refractivity contribution >= 4 is 12.0 Å². The number of likely N-dealkylation sites (tertiary alicyclic amines) is 1. The summed E-state index contributed by atoms with van der Waals surface area (Å²) in [6, 6.07) is 4.44. The highest BCUT2D eigenvalue weighted by atomic mass is 19.4. The number of rotatable bonds is 5. The Balaban J connectivity index is 1.93. The normalized spacial score (nSPS) is 16.0. The molecule has 190 valence electrons. The Morgan fingerprint density at radius 1 is 1.14 bits per heavy atom. The Kier molecular flexibility index (Phi) is 7.97. The molecular formula is C24H28F4N4O3. The van der Waals surface area contributed by atoms with Crippen molar-refractivity contribution in [2.24, 2.45) is 5.92 Å². The van der Waals surface area contributed by atoms with Gasteiger partial charge in [0.1, 0.15) is 11.4 Å². The zero-order valence-corrected chi connectivity index (χ0v) is 19.8. The van der Waals surface area contributed by atoms with Crippen LogP contribution in [0.1, 0.15) is 50.9 Å². The van der Waals surface area contributed by atoms with E-state index in [1.54, 1.807) is 32.9 Å². The van der Waals surface area contributed by atoms with Crippen LogP contribution in [0, 0.1) is 11.7 Å². The minimum atomic E-state index is -5.13. The van der Waals surface area contributed by atoms with Crippen LogP contribution in [0.2, 0.25) is 0 Å². The van der Waals surface area contributed by atoms with Gasteiger partial charge in [0.25, 0.3) is 0 Å². The van der Waals surface area contributed by atoms with Gasteiger partial charge >= 0.3 is 18.2 Å². The summed E-state index contributed by atoms with van der Waals surface area (Å²) in [6.45, 7) is 5.34. The molecule has 0 saturated carbocycles. The molecule has 0 aliphatic carbocycles. The molecule has 0 N–H and O–H groups in total. The van der Waals surface area contributed by atoms with Gasteiger partial charge in [-0.1, -0.05) is 6.07 Å². The van der Waals surface area contributed by atoms with E-state index in [9.17, 15) is 27.2 Å². The largest absolute Gasteiger partial charge is 0.471 e. The minimum absolute atomic E-state index is 0.142. The number of aromatic nitrogens is 2. The number of halogens is 4. The van der Waals surface area contributed by atoms with E-state index in [0.29, 0.717) is 18.4 Å². The first kappa shape index (κ1) is 26.4. The van der Waals surface area contributed by atoms with Crippen LogP contribution in [0.25, 0.3) is 0 Å². The Hall–Kier alpha value is -3.24. The van der Waals surface area contributed by atoms with Gasteiger partial charge in [0.05, 0.1) is 17.9 Å². The smallest absolute Gasteiger partial charge is 0.444 e. The first-order valence-electron chi connectivity index (χ1n) is 11.2. The van der Waals surface area contributed by atoms with E-state index < -0.39 is 41.6 Å². The average Bonchev–Trinajstić information content (AvgIpc) is 2.78. The van der Waals surface area contributed by atoms with Crippen molar-refractivity contribution in [3.05, 3.63) is 59.9 Å². The fraction of sp³-hybridized carbons (Fsp3) is 0.500. The summed E-state index contributed by atoms with van der Waals surface area (Å²) >= 11 is 0. The Bertz CT molecular complexity index is 1000. The van der Waals surface area contributed by atoms with E-state index in [0.717, 1.165) is 17.2 Å². The van der Waals surface area contributed by atoms with Crippen LogP contribution in [0.4, 0.5) is 22.4 Å². The van der Waals surface area contributed by atoms with Crippen LogP contribution in [-0.4, -0.2) is 56.6 Å². The quantitative estimate of drug-likeness (QED) is 0.551. The van der Waals surface area contributed by atoms with Crippen LogP contribution in [0.15, 0.2) is 42.9 Å². The number of carbonyl (C=O) groups is 2. The highest BCUT2D eigenvalue weighted by Gasteiger charge is 2.47. The molecule has 1 fully saturated rings. The molecule has 0 radical (unpaired) electrons. The third-order valence-corrected chi connectivity index (χ3v) is 5.61. The summed E-state index contributed by atoms with van der Waals surface area (Å²) in [4.78, 5) is 35.2. The molecule has 1 atom stereocenters. The van der Waals surface area contributed by atoms with Crippen LogP contribution in [0.3, 0.4) is 0 Å². The van der Waals surface area contributed by atoms with Crippen molar-refractivity contribution in [1.29, 1.82) is 0 Å². The molecule has 35 heavy (non-hydrogen) atoms. The van der Waals surface area contributed by atoms with Crippen molar-refractivity contribution in [2.75, 3.05) is 13.1 Å². The fourth-order valence-corrected chi connectivity index (χ4v) is 4.09. The molecular weight excluding hydrogens is 468 g/mol. The lowest BCUT2D eigenvalue weighted by atomic mass is 9.86. The first-order valence-corrected chi connectivity index (χ1v) is 11.2. The minimum Gasteiger partial charge on any atom is -0.444 e. The summed E-state index contributed by atoms with van der Waals surface area (Å²) in [7, 11) is 0. The standard InChI is InChI=1S/C24H28F4N4O3/c1-23(2,3)35-22(34)31-11-8-17(9-12-31)20(19-7-6-18(25)14-30-19)32(21(33)24(26,27)28)15-16-5-4-10-29-13-16/h4-7,10,13-14,17,20H,8-9,11-12,15H2,1-3H3. The predicted octanol–water partition coefficient (Wildman–Crippen LogP) is 4.90. The zero-order chi connectivity index (χ0) is 25.8. The maximum atomic E-state index is 13.7. The third-order valence-electron chi connectivity index (χ3n) is 5.61. The van der Waals surface area contributed by atoms with E-state index in [1.165, 1.54) is 23.4 Å².